The number of nitrogens with zero attached hydrogens (tertiary/aromatic N) is 3. The first-order valence-corrected chi connectivity index (χ1v) is 9.41. The molecule has 1 aromatic heterocycles. The molecule has 1 saturated carbocycles. The predicted molar refractivity (Wildman–Crippen MR) is 89.9 cm³/mol. The molecule has 1 aliphatic carbocycles. The van der Waals surface area contributed by atoms with Gasteiger partial charge in [0.25, 0.3) is 0 Å². The van der Waals surface area contributed by atoms with Crippen molar-refractivity contribution in [2.45, 2.75) is 51.5 Å². The molecule has 118 valence electrons. The lowest BCUT2D eigenvalue weighted by atomic mass is 10.1. The van der Waals surface area contributed by atoms with Crippen LogP contribution in [0, 0.1) is 5.92 Å². The lowest BCUT2D eigenvalue weighted by Crippen LogP contribution is -2.27. The summed E-state index contributed by atoms with van der Waals surface area (Å²) in [6.45, 7) is 8.31. The topological polar surface area (TPSA) is 19.4 Å². The Balaban J connectivity index is 1.48. The van der Waals surface area contributed by atoms with Gasteiger partial charge in [0.05, 0.1) is 5.01 Å². The minimum Gasteiger partial charge on any atom is -0.306 e. The maximum absolute atomic E-state index is 4.70. The summed E-state index contributed by atoms with van der Waals surface area (Å²) in [6, 6.07) is 0. The van der Waals surface area contributed by atoms with Crippen molar-refractivity contribution in [2.24, 2.45) is 5.92 Å². The van der Waals surface area contributed by atoms with Crippen molar-refractivity contribution in [3.05, 3.63) is 16.1 Å². The number of hydrogen-bond donors (Lipinski definition) is 0. The molecule has 0 bridgehead atoms. The van der Waals surface area contributed by atoms with Gasteiger partial charge >= 0.3 is 0 Å². The SMILES string of the molecule is CCN(C)CC1CCN(Cc2cnc(C3CCCC3)s2)C1. The van der Waals surface area contributed by atoms with Crippen LogP contribution in [0.1, 0.15) is 54.8 Å². The van der Waals surface area contributed by atoms with Crippen molar-refractivity contribution in [1.82, 2.24) is 14.8 Å². The van der Waals surface area contributed by atoms with Crippen molar-refractivity contribution in [3.63, 3.8) is 0 Å². The van der Waals surface area contributed by atoms with E-state index in [0.29, 0.717) is 0 Å². The highest BCUT2D eigenvalue weighted by Gasteiger charge is 2.25. The Bertz CT molecular complexity index is 439. The lowest BCUT2D eigenvalue weighted by molar-refractivity contribution is 0.268. The van der Waals surface area contributed by atoms with Gasteiger partial charge in [0, 0.05) is 36.6 Å². The summed E-state index contributed by atoms with van der Waals surface area (Å²) < 4.78 is 0. The number of rotatable bonds is 6. The summed E-state index contributed by atoms with van der Waals surface area (Å²) in [7, 11) is 2.24. The van der Waals surface area contributed by atoms with Crippen LogP contribution in [-0.2, 0) is 6.54 Å². The number of thiazole rings is 1. The molecule has 1 aliphatic heterocycles. The minimum absolute atomic E-state index is 0.772. The van der Waals surface area contributed by atoms with Crippen LogP contribution >= 0.6 is 11.3 Å². The fourth-order valence-electron chi connectivity index (χ4n) is 3.75. The molecule has 2 aliphatic rings. The second-order valence-electron chi connectivity index (χ2n) is 6.89. The molecule has 3 rings (SSSR count). The Hall–Kier alpha value is -0.450. The Morgan fingerprint density at radius 2 is 2.14 bits per heavy atom. The number of hydrogen-bond acceptors (Lipinski definition) is 4. The van der Waals surface area contributed by atoms with Gasteiger partial charge in [0.15, 0.2) is 0 Å². The third kappa shape index (κ3) is 4.05. The monoisotopic (exact) mass is 307 g/mol. The summed E-state index contributed by atoms with van der Waals surface area (Å²) in [5.41, 5.74) is 0. The predicted octanol–water partition coefficient (Wildman–Crippen LogP) is 3.57. The molecule has 4 heteroatoms. The van der Waals surface area contributed by atoms with Gasteiger partial charge in [-0.25, -0.2) is 4.98 Å². The highest BCUT2D eigenvalue weighted by atomic mass is 32.1. The van der Waals surface area contributed by atoms with Gasteiger partial charge in [0.1, 0.15) is 0 Å². The van der Waals surface area contributed by atoms with Crippen molar-refractivity contribution in [3.8, 4) is 0 Å². The lowest BCUT2D eigenvalue weighted by Gasteiger charge is -2.19. The summed E-state index contributed by atoms with van der Waals surface area (Å²) in [5.74, 6) is 1.63. The fraction of sp³-hybridized carbons (Fsp3) is 0.824. The zero-order valence-corrected chi connectivity index (χ0v) is 14.4. The fourth-order valence-corrected chi connectivity index (χ4v) is 4.88. The Labute approximate surface area is 133 Å². The van der Waals surface area contributed by atoms with Gasteiger partial charge in [-0.2, -0.15) is 0 Å². The van der Waals surface area contributed by atoms with E-state index in [0.717, 1.165) is 24.9 Å². The molecular formula is C17H29N3S. The first-order chi connectivity index (χ1) is 10.2. The zero-order valence-electron chi connectivity index (χ0n) is 13.6. The molecule has 2 heterocycles. The highest BCUT2D eigenvalue weighted by molar-refractivity contribution is 7.11. The third-order valence-electron chi connectivity index (χ3n) is 5.13. The molecular weight excluding hydrogens is 278 g/mol. The minimum atomic E-state index is 0.772. The quantitative estimate of drug-likeness (QED) is 0.801. The average molecular weight is 308 g/mol. The van der Waals surface area contributed by atoms with Gasteiger partial charge in [-0.05, 0) is 45.3 Å². The average Bonchev–Trinajstić information content (AvgIpc) is 3.19. The van der Waals surface area contributed by atoms with Gasteiger partial charge < -0.3 is 4.90 Å². The Morgan fingerprint density at radius 3 is 2.90 bits per heavy atom. The van der Waals surface area contributed by atoms with Crippen molar-refractivity contribution in [2.75, 3.05) is 33.2 Å². The van der Waals surface area contributed by atoms with Crippen molar-refractivity contribution in [1.29, 1.82) is 0 Å². The maximum atomic E-state index is 4.70. The first-order valence-electron chi connectivity index (χ1n) is 8.60. The van der Waals surface area contributed by atoms with Gasteiger partial charge in [-0.1, -0.05) is 19.8 Å². The van der Waals surface area contributed by atoms with Crippen LogP contribution < -0.4 is 0 Å². The van der Waals surface area contributed by atoms with Crippen LogP contribution in [-0.4, -0.2) is 48.0 Å². The van der Waals surface area contributed by atoms with Gasteiger partial charge in [-0.3, -0.25) is 4.90 Å². The Kier molecular flexibility index (Phi) is 5.30. The van der Waals surface area contributed by atoms with Gasteiger partial charge in [0.2, 0.25) is 0 Å². The van der Waals surface area contributed by atoms with Crippen LogP contribution in [0.25, 0.3) is 0 Å². The molecule has 1 aromatic rings. The van der Waals surface area contributed by atoms with E-state index in [1.165, 1.54) is 61.6 Å². The Morgan fingerprint density at radius 1 is 1.33 bits per heavy atom. The van der Waals surface area contributed by atoms with E-state index in [1.54, 1.807) is 0 Å². The summed E-state index contributed by atoms with van der Waals surface area (Å²) >= 11 is 1.97. The molecule has 2 fully saturated rings. The largest absolute Gasteiger partial charge is 0.306 e. The highest BCUT2D eigenvalue weighted by Crippen LogP contribution is 2.36. The molecule has 0 amide bonds. The van der Waals surface area contributed by atoms with E-state index in [9.17, 15) is 0 Å². The third-order valence-corrected chi connectivity index (χ3v) is 6.28. The molecule has 1 atom stereocenters. The molecule has 3 nitrogen and oxygen atoms in total. The van der Waals surface area contributed by atoms with Crippen molar-refractivity contribution >= 4 is 11.3 Å². The normalized spacial score (nSPS) is 24.4. The second-order valence-corrected chi connectivity index (χ2v) is 8.04. The van der Waals surface area contributed by atoms with Gasteiger partial charge in [-0.15, -0.1) is 11.3 Å². The van der Waals surface area contributed by atoms with Crippen LogP contribution in [0.4, 0.5) is 0 Å². The number of likely N-dealkylation sites (tertiary alicyclic amines) is 1. The smallest absolute Gasteiger partial charge is 0.0959 e. The zero-order chi connectivity index (χ0) is 14.7. The number of aromatic nitrogens is 1. The summed E-state index contributed by atoms with van der Waals surface area (Å²) in [6.07, 6.45) is 9.03. The first kappa shape index (κ1) is 15.4. The molecule has 21 heavy (non-hydrogen) atoms. The summed E-state index contributed by atoms with van der Waals surface area (Å²) in [5, 5.41) is 1.41. The van der Waals surface area contributed by atoms with E-state index in [1.807, 2.05) is 11.3 Å². The van der Waals surface area contributed by atoms with Crippen LogP contribution in [0.15, 0.2) is 6.20 Å². The molecule has 1 unspecified atom stereocenters. The molecule has 0 spiro atoms. The van der Waals surface area contributed by atoms with E-state index in [4.69, 9.17) is 4.98 Å². The van der Waals surface area contributed by atoms with E-state index >= 15 is 0 Å². The molecule has 1 saturated heterocycles. The second kappa shape index (κ2) is 7.21. The van der Waals surface area contributed by atoms with E-state index < -0.39 is 0 Å². The van der Waals surface area contributed by atoms with E-state index in [-0.39, 0.29) is 0 Å². The summed E-state index contributed by atoms with van der Waals surface area (Å²) in [4.78, 5) is 11.2. The standard InChI is InChI=1S/C17H29N3S/c1-3-19(2)11-14-8-9-20(12-14)13-16-10-18-17(21-16)15-6-4-5-7-15/h10,14-15H,3-9,11-13H2,1-2H3. The van der Waals surface area contributed by atoms with Crippen LogP contribution in [0.2, 0.25) is 0 Å². The molecule has 0 N–H and O–H groups in total. The molecule has 0 aromatic carbocycles. The molecule has 0 radical (unpaired) electrons. The van der Waals surface area contributed by atoms with Crippen LogP contribution in [0.5, 0.6) is 0 Å². The van der Waals surface area contributed by atoms with E-state index in [2.05, 4.69) is 30.0 Å². The van der Waals surface area contributed by atoms with Crippen molar-refractivity contribution < 1.29 is 0 Å². The van der Waals surface area contributed by atoms with Crippen LogP contribution in [0.3, 0.4) is 0 Å². The maximum Gasteiger partial charge on any atom is 0.0959 e.